The summed E-state index contributed by atoms with van der Waals surface area (Å²) in [5.74, 6) is -0.247. The van der Waals surface area contributed by atoms with Crippen molar-refractivity contribution < 1.29 is 4.79 Å². The fourth-order valence-corrected chi connectivity index (χ4v) is 3.01. The van der Waals surface area contributed by atoms with Gasteiger partial charge in [-0.25, -0.2) is 4.42 Å². The first-order valence-corrected chi connectivity index (χ1v) is 9.29. The number of nitrogens with zero attached hydrogens (tertiary/aromatic N) is 1. The SMILES string of the molecule is CCCC[C@H](N)C(=O)N(Cl)Cc1ccc(-c2ccc(Cl)c(Cl)c2)cc1. The molecule has 3 nitrogen and oxygen atoms in total. The highest BCUT2D eigenvalue weighted by Gasteiger charge is 2.19. The zero-order chi connectivity index (χ0) is 18.4. The lowest BCUT2D eigenvalue weighted by Gasteiger charge is -2.18. The molecule has 134 valence electrons. The van der Waals surface area contributed by atoms with E-state index in [1.54, 1.807) is 6.07 Å². The summed E-state index contributed by atoms with van der Waals surface area (Å²) in [6, 6.07) is 12.7. The Morgan fingerprint density at radius 2 is 1.72 bits per heavy atom. The summed E-state index contributed by atoms with van der Waals surface area (Å²) in [5, 5.41) is 1.04. The Hall–Kier alpha value is -1.26. The highest BCUT2D eigenvalue weighted by Crippen LogP contribution is 2.28. The van der Waals surface area contributed by atoms with Crippen LogP contribution in [0.5, 0.6) is 0 Å². The summed E-state index contributed by atoms with van der Waals surface area (Å²) in [4.78, 5) is 12.2. The standard InChI is InChI=1S/C19H21Cl3N2O/c1-2-3-4-18(23)19(25)24(22)12-13-5-7-14(8-6-13)15-9-10-16(20)17(21)11-15/h5-11,18H,2-4,12,23H2,1H3/t18-/m0/s1. The minimum atomic E-state index is -0.548. The van der Waals surface area contributed by atoms with E-state index in [0.717, 1.165) is 34.0 Å². The van der Waals surface area contributed by atoms with Crippen molar-refractivity contribution in [2.24, 2.45) is 5.73 Å². The molecule has 0 aliphatic rings. The van der Waals surface area contributed by atoms with Crippen molar-refractivity contribution in [1.82, 2.24) is 4.42 Å². The van der Waals surface area contributed by atoms with Crippen molar-refractivity contribution >= 4 is 40.9 Å². The number of carbonyl (C=O) groups is 1. The third kappa shape index (κ3) is 5.61. The van der Waals surface area contributed by atoms with E-state index in [0.29, 0.717) is 23.0 Å². The van der Waals surface area contributed by atoms with Crippen LogP contribution in [0.1, 0.15) is 31.7 Å². The third-order valence-electron chi connectivity index (χ3n) is 3.95. The van der Waals surface area contributed by atoms with Gasteiger partial charge in [-0.15, -0.1) is 0 Å². The zero-order valence-electron chi connectivity index (χ0n) is 14.0. The van der Waals surface area contributed by atoms with Crippen LogP contribution in [0.25, 0.3) is 11.1 Å². The summed E-state index contributed by atoms with van der Waals surface area (Å²) >= 11 is 18.1. The Labute approximate surface area is 163 Å². The fraction of sp³-hybridized carbons (Fsp3) is 0.316. The molecule has 0 fully saturated rings. The molecule has 0 aliphatic carbocycles. The highest BCUT2D eigenvalue weighted by molar-refractivity contribution is 6.42. The third-order valence-corrected chi connectivity index (χ3v) is 4.98. The van der Waals surface area contributed by atoms with Gasteiger partial charge < -0.3 is 5.73 Å². The van der Waals surface area contributed by atoms with Crippen LogP contribution in [0, 0.1) is 0 Å². The quantitative estimate of drug-likeness (QED) is 0.610. The molecule has 1 amide bonds. The van der Waals surface area contributed by atoms with Crippen LogP contribution in [-0.2, 0) is 11.3 Å². The van der Waals surface area contributed by atoms with Crippen LogP contribution >= 0.6 is 35.0 Å². The molecule has 0 bridgehead atoms. The van der Waals surface area contributed by atoms with E-state index < -0.39 is 6.04 Å². The van der Waals surface area contributed by atoms with Crippen LogP contribution < -0.4 is 5.73 Å². The molecule has 0 saturated carbocycles. The normalized spacial score (nSPS) is 12.0. The summed E-state index contributed by atoms with van der Waals surface area (Å²) in [6.07, 6.45) is 2.56. The fourth-order valence-electron chi connectivity index (χ4n) is 2.44. The van der Waals surface area contributed by atoms with Gasteiger partial charge in [-0.1, -0.05) is 73.3 Å². The lowest BCUT2D eigenvalue weighted by atomic mass is 10.0. The van der Waals surface area contributed by atoms with E-state index in [-0.39, 0.29) is 5.91 Å². The molecule has 0 unspecified atom stereocenters. The van der Waals surface area contributed by atoms with E-state index >= 15 is 0 Å². The number of amides is 1. The molecule has 25 heavy (non-hydrogen) atoms. The van der Waals surface area contributed by atoms with Gasteiger partial charge in [0.25, 0.3) is 5.91 Å². The van der Waals surface area contributed by atoms with Crippen molar-refractivity contribution in [2.45, 2.75) is 38.8 Å². The summed E-state index contributed by atoms with van der Waals surface area (Å²) < 4.78 is 1.16. The number of carbonyl (C=O) groups excluding carboxylic acids is 1. The molecular formula is C19H21Cl3N2O. The molecule has 0 spiro atoms. The Bertz CT molecular complexity index is 719. The number of hydrogen-bond donors (Lipinski definition) is 1. The number of halogens is 3. The minimum Gasteiger partial charge on any atom is -0.320 e. The second kappa shape index (κ2) is 9.44. The second-order valence-corrected chi connectivity index (χ2v) is 7.16. The van der Waals surface area contributed by atoms with Crippen LogP contribution in [0.3, 0.4) is 0 Å². The summed E-state index contributed by atoms with van der Waals surface area (Å²) in [7, 11) is 0. The van der Waals surface area contributed by atoms with Crippen molar-refractivity contribution in [2.75, 3.05) is 0 Å². The highest BCUT2D eigenvalue weighted by atomic mass is 35.5. The molecule has 0 aliphatic heterocycles. The largest absolute Gasteiger partial charge is 0.320 e. The second-order valence-electron chi connectivity index (χ2n) is 5.93. The number of nitrogens with two attached hydrogens (primary N) is 1. The maximum absolute atomic E-state index is 12.2. The van der Waals surface area contributed by atoms with E-state index in [9.17, 15) is 4.79 Å². The van der Waals surface area contributed by atoms with Gasteiger partial charge in [-0.3, -0.25) is 4.79 Å². The average Bonchev–Trinajstić information content (AvgIpc) is 2.62. The molecule has 2 aromatic rings. The Kier molecular flexibility index (Phi) is 7.57. The predicted octanol–water partition coefficient (Wildman–Crippen LogP) is 5.66. The first-order chi connectivity index (χ1) is 11.9. The lowest BCUT2D eigenvalue weighted by Crippen LogP contribution is -2.38. The predicted molar refractivity (Wildman–Crippen MR) is 106 cm³/mol. The summed E-state index contributed by atoms with van der Waals surface area (Å²) in [5.41, 5.74) is 8.79. The monoisotopic (exact) mass is 398 g/mol. The molecule has 2 rings (SSSR count). The molecule has 0 aromatic heterocycles. The van der Waals surface area contributed by atoms with E-state index in [1.807, 2.05) is 36.4 Å². The maximum atomic E-state index is 12.2. The maximum Gasteiger partial charge on any atom is 0.254 e. The topological polar surface area (TPSA) is 46.3 Å². The van der Waals surface area contributed by atoms with Crippen LogP contribution in [-0.4, -0.2) is 16.4 Å². The van der Waals surface area contributed by atoms with E-state index in [4.69, 9.17) is 40.7 Å². The van der Waals surface area contributed by atoms with Crippen molar-refractivity contribution in [3.63, 3.8) is 0 Å². The first-order valence-electron chi connectivity index (χ1n) is 8.19. The Morgan fingerprint density at radius 3 is 2.32 bits per heavy atom. The van der Waals surface area contributed by atoms with Gasteiger partial charge in [0.15, 0.2) is 0 Å². The minimum absolute atomic E-state index is 0.247. The Morgan fingerprint density at radius 1 is 1.08 bits per heavy atom. The average molecular weight is 400 g/mol. The van der Waals surface area contributed by atoms with Gasteiger partial charge in [0.1, 0.15) is 0 Å². The van der Waals surface area contributed by atoms with Crippen molar-refractivity contribution in [3.05, 3.63) is 58.1 Å². The van der Waals surface area contributed by atoms with E-state index in [2.05, 4.69) is 6.92 Å². The smallest absolute Gasteiger partial charge is 0.254 e. The molecule has 6 heteroatoms. The molecule has 0 radical (unpaired) electrons. The van der Waals surface area contributed by atoms with Crippen molar-refractivity contribution in [1.29, 1.82) is 0 Å². The number of rotatable bonds is 7. The number of hydrogen-bond acceptors (Lipinski definition) is 2. The van der Waals surface area contributed by atoms with Gasteiger partial charge in [0.2, 0.25) is 0 Å². The number of unbranched alkanes of at least 4 members (excludes halogenated alkanes) is 1. The van der Waals surface area contributed by atoms with Gasteiger partial charge >= 0.3 is 0 Å². The number of benzene rings is 2. The van der Waals surface area contributed by atoms with Gasteiger partial charge in [-0.05, 0) is 35.2 Å². The zero-order valence-corrected chi connectivity index (χ0v) is 16.3. The van der Waals surface area contributed by atoms with Crippen LogP contribution in [0.15, 0.2) is 42.5 Å². The van der Waals surface area contributed by atoms with Crippen LogP contribution in [0.4, 0.5) is 0 Å². The molecule has 2 aromatic carbocycles. The Balaban J connectivity index is 2.02. The lowest BCUT2D eigenvalue weighted by molar-refractivity contribution is -0.128. The molecule has 0 saturated heterocycles. The van der Waals surface area contributed by atoms with Gasteiger partial charge in [-0.2, -0.15) is 0 Å². The molecule has 2 N–H and O–H groups in total. The van der Waals surface area contributed by atoms with Crippen molar-refractivity contribution in [3.8, 4) is 11.1 Å². The molecule has 0 heterocycles. The van der Waals surface area contributed by atoms with Gasteiger partial charge in [0.05, 0.1) is 22.6 Å². The van der Waals surface area contributed by atoms with E-state index in [1.165, 1.54) is 0 Å². The first kappa shape index (κ1) is 20.1. The van der Waals surface area contributed by atoms with Crippen LogP contribution in [0.2, 0.25) is 10.0 Å². The molecular weight excluding hydrogens is 379 g/mol. The molecule has 1 atom stereocenters. The van der Waals surface area contributed by atoms with Gasteiger partial charge in [0, 0.05) is 11.8 Å². The summed E-state index contributed by atoms with van der Waals surface area (Å²) in [6.45, 7) is 2.37.